The topological polar surface area (TPSA) is 71.6 Å². The van der Waals surface area contributed by atoms with Crippen molar-refractivity contribution in [3.05, 3.63) is 29.6 Å². The van der Waals surface area contributed by atoms with E-state index in [4.69, 9.17) is 5.73 Å². The van der Waals surface area contributed by atoms with Crippen molar-refractivity contribution >= 4 is 11.9 Å². The minimum absolute atomic E-state index is 0.218. The van der Waals surface area contributed by atoms with Crippen LogP contribution >= 0.6 is 0 Å². The Morgan fingerprint density at radius 3 is 2.83 bits per heavy atom. The van der Waals surface area contributed by atoms with E-state index >= 15 is 0 Å². The predicted octanol–water partition coefficient (Wildman–Crippen LogP) is 1.63. The summed E-state index contributed by atoms with van der Waals surface area (Å²) in [6.45, 7) is 2.69. The Hall–Kier alpha value is -1.91. The van der Waals surface area contributed by atoms with Crippen molar-refractivity contribution in [2.75, 3.05) is 6.54 Å². The zero-order chi connectivity index (χ0) is 12.7. The van der Waals surface area contributed by atoms with Crippen LogP contribution in [0.25, 0.3) is 0 Å². The number of pyridine rings is 1. The number of carbonyl (C=O) groups excluding carboxylic acids is 1. The predicted molar refractivity (Wildman–Crippen MR) is 68.2 cm³/mol. The molecule has 1 aromatic heterocycles. The van der Waals surface area contributed by atoms with Crippen LogP contribution in [-0.2, 0) is 0 Å². The van der Waals surface area contributed by atoms with E-state index in [1.165, 1.54) is 12.8 Å². The van der Waals surface area contributed by atoms with Crippen LogP contribution in [-0.4, -0.2) is 28.3 Å². The van der Waals surface area contributed by atoms with E-state index in [1.807, 2.05) is 19.1 Å². The van der Waals surface area contributed by atoms with E-state index in [0.717, 1.165) is 17.8 Å². The van der Waals surface area contributed by atoms with E-state index in [2.05, 4.69) is 9.98 Å². The van der Waals surface area contributed by atoms with Gasteiger partial charge in [0.1, 0.15) is 11.9 Å². The van der Waals surface area contributed by atoms with Gasteiger partial charge in [0.15, 0.2) is 0 Å². The fraction of sp³-hybridized carbons (Fsp3) is 0.462. The summed E-state index contributed by atoms with van der Waals surface area (Å²) in [4.78, 5) is 21.7. The summed E-state index contributed by atoms with van der Waals surface area (Å²) in [7, 11) is 0. The number of nitrogens with two attached hydrogens (primary N) is 1. The number of rotatable bonds is 3. The van der Waals surface area contributed by atoms with Crippen molar-refractivity contribution in [3.63, 3.8) is 0 Å². The third kappa shape index (κ3) is 1.96. The summed E-state index contributed by atoms with van der Waals surface area (Å²) in [5.41, 5.74) is 7.78. The van der Waals surface area contributed by atoms with Gasteiger partial charge in [-0.1, -0.05) is 6.07 Å². The number of hydrogen-bond acceptors (Lipinski definition) is 3. The molecule has 1 aliphatic carbocycles. The molecule has 1 fully saturated rings. The molecule has 2 heterocycles. The molecule has 0 spiro atoms. The Balaban J connectivity index is 1.88. The average Bonchev–Trinajstić information content (AvgIpc) is 3.09. The standard InChI is InChI=1S/C13H16N4O/c1-8-2-5-10(6-15-8)11-12(14)16-13(18)17(11)7-9-3-4-9/h2,5-6,9,11H,3-4,7H2,1H3,(H2,14,16,18). The SMILES string of the molecule is Cc1ccc(C2C(N)=NC(=O)N2CC2CC2)cn1. The molecule has 94 valence electrons. The summed E-state index contributed by atoms with van der Waals surface area (Å²) in [5, 5.41) is 0. The van der Waals surface area contributed by atoms with Crippen molar-refractivity contribution in [1.82, 2.24) is 9.88 Å². The molecule has 1 aliphatic heterocycles. The molecule has 2 aliphatic rings. The highest BCUT2D eigenvalue weighted by atomic mass is 16.2. The van der Waals surface area contributed by atoms with Crippen LogP contribution in [0.2, 0.25) is 0 Å². The lowest BCUT2D eigenvalue weighted by atomic mass is 10.1. The summed E-state index contributed by atoms with van der Waals surface area (Å²) in [6, 6.07) is 3.45. The van der Waals surface area contributed by atoms with Crippen molar-refractivity contribution in [1.29, 1.82) is 0 Å². The Kier molecular flexibility index (Phi) is 2.54. The number of aryl methyl sites for hydroxylation is 1. The second-order valence-electron chi connectivity index (χ2n) is 5.05. The summed E-state index contributed by atoms with van der Waals surface area (Å²) >= 11 is 0. The highest BCUT2D eigenvalue weighted by Gasteiger charge is 2.38. The van der Waals surface area contributed by atoms with Crippen molar-refractivity contribution in [2.45, 2.75) is 25.8 Å². The number of carbonyl (C=O) groups is 1. The Morgan fingerprint density at radius 2 is 2.22 bits per heavy atom. The molecule has 1 unspecified atom stereocenters. The minimum atomic E-state index is -0.230. The molecule has 5 nitrogen and oxygen atoms in total. The van der Waals surface area contributed by atoms with Crippen molar-refractivity contribution in [3.8, 4) is 0 Å². The van der Waals surface area contributed by atoms with Gasteiger partial charge in [0, 0.05) is 24.0 Å². The number of urea groups is 1. The van der Waals surface area contributed by atoms with Gasteiger partial charge in [0.2, 0.25) is 0 Å². The molecule has 2 N–H and O–H groups in total. The van der Waals surface area contributed by atoms with Crippen molar-refractivity contribution < 1.29 is 4.79 Å². The zero-order valence-corrected chi connectivity index (χ0v) is 10.3. The highest BCUT2D eigenvalue weighted by molar-refractivity contribution is 6.03. The minimum Gasteiger partial charge on any atom is -0.385 e. The van der Waals surface area contributed by atoms with Crippen LogP contribution in [0.4, 0.5) is 4.79 Å². The van der Waals surface area contributed by atoms with E-state index in [-0.39, 0.29) is 12.1 Å². The quantitative estimate of drug-likeness (QED) is 0.878. The van der Waals surface area contributed by atoms with Gasteiger partial charge in [0.05, 0.1) is 0 Å². The lowest BCUT2D eigenvalue weighted by Crippen LogP contribution is -2.34. The molecule has 1 saturated carbocycles. The number of aliphatic imine (C=N–C) groups is 1. The fourth-order valence-electron chi connectivity index (χ4n) is 2.26. The fourth-order valence-corrected chi connectivity index (χ4v) is 2.26. The maximum atomic E-state index is 11.8. The van der Waals surface area contributed by atoms with Crippen LogP contribution in [0.1, 0.15) is 30.1 Å². The summed E-state index contributed by atoms with van der Waals surface area (Å²) in [6.07, 6.45) is 4.17. The number of amides is 2. The summed E-state index contributed by atoms with van der Waals surface area (Å²) in [5.74, 6) is 1.00. The first-order valence-corrected chi connectivity index (χ1v) is 6.22. The monoisotopic (exact) mass is 244 g/mol. The smallest absolute Gasteiger partial charge is 0.346 e. The lowest BCUT2D eigenvalue weighted by Gasteiger charge is -2.24. The number of aromatic nitrogens is 1. The van der Waals surface area contributed by atoms with Gasteiger partial charge in [-0.2, -0.15) is 4.99 Å². The van der Waals surface area contributed by atoms with Crippen LogP contribution < -0.4 is 5.73 Å². The second-order valence-corrected chi connectivity index (χ2v) is 5.05. The van der Waals surface area contributed by atoms with E-state index in [1.54, 1.807) is 11.1 Å². The average molecular weight is 244 g/mol. The maximum absolute atomic E-state index is 11.8. The van der Waals surface area contributed by atoms with Gasteiger partial charge in [-0.3, -0.25) is 4.98 Å². The molecule has 5 heteroatoms. The maximum Gasteiger partial charge on any atom is 0.346 e. The number of hydrogen-bond donors (Lipinski definition) is 1. The van der Waals surface area contributed by atoms with Gasteiger partial charge in [-0.05, 0) is 31.7 Å². The molecule has 0 aromatic carbocycles. The molecular formula is C13H16N4O. The first-order chi connectivity index (χ1) is 8.65. The number of amidine groups is 1. The molecule has 1 atom stereocenters. The molecule has 3 rings (SSSR count). The first kappa shape index (κ1) is 11.2. The Labute approximate surface area is 106 Å². The molecule has 0 saturated heterocycles. The molecule has 2 amide bonds. The van der Waals surface area contributed by atoms with Gasteiger partial charge in [0.25, 0.3) is 0 Å². The molecule has 0 bridgehead atoms. The zero-order valence-electron chi connectivity index (χ0n) is 10.3. The highest BCUT2D eigenvalue weighted by Crippen LogP contribution is 2.35. The molecule has 18 heavy (non-hydrogen) atoms. The van der Waals surface area contributed by atoms with Gasteiger partial charge in [-0.25, -0.2) is 4.79 Å². The molecule has 1 aromatic rings. The van der Waals surface area contributed by atoms with Crippen LogP contribution in [0.3, 0.4) is 0 Å². The Morgan fingerprint density at radius 1 is 1.44 bits per heavy atom. The van der Waals surface area contributed by atoms with Crippen LogP contribution in [0.5, 0.6) is 0 Å². The van der Waals surface area contributed by atoms with E-state index in [0.29, 0.717) is 11.8 Å². The van der Waals surface area contributed by atoms with Gasteiger partial charge < -0.3 is 10.6 Å². The molecular weight excluding hydrogens is 228 g/mol. The van der Waals surface area contributed by atoms with Crippen LogP contribution in [0, 0.1) is 12.8 Å². The van der Waals surface area contributed by atoms with Gasteiger partial charge >= 0.3 is 6.03 Å². The van der Waals surface area contributed by atoms with E-state index in [9.17, 15) is 4.79 Å². The third-order valence-electron chi connectivity index (χ3n) is 3.46. The van der Waals surface area contributed by atoms with Gasteiger partial charge in [-0.15, -0.1) is 0 Å². The largest absolute Gasteiger partial charge is 0.385 e. The Bertz CT molecular complexity index is 504. The summed E-state index contributed by atoms with van der Waals surface area (Å²) < 4.78 is 0. The number of nitrogens with zero attached hydrogens (tertiary/aromatic N) is 3. The normalized spacial score (nSPS) is 23.4. The second kappa shape index (κ2) is 4.08. The molecule has 0 radical (unpaired) electrons. The van der Waals surface area contributed by atoms with Crippen molar-refractivity contribution in [2.24, 2.45) is 16.6 Å². The third-order valence-corrected chi connectivity index (χ3v) is 3.46. The van der Waals surface area contributed by atoms with Crippen LogP contribution in [0.15, 0.2) is 23.3 Å². The van der Waals surface area contributed by atoms with E-state index < -0.39 is 0 Å². The lowest BCUT2D eigenvalue weighted by molar-refractivity contribution is 0.204. The first-order valence-electron chi connectivity index (χ1n) is 6.22.